The average molecular weight is 344 g/mol. The zero-order valence-corrected chi connectivity index (χ0v) is 16.4. The van der Waals surface area contributed by atoms with Crippen LogP contribution in [0.25, 0.3) is 0 Å². The minimum Gasteiger partial charge on any atom is -0.147 e. The molecule has 0 spiro atoms. The van der Waals surface area contributed by atoms with Gasteiger partial charge in [0.2, 0.25) is 0 Å². The molecule has 18 heavy (non-hydrogen) atoms. The van der Waals surface area contributed by atoms with Crippen molar-refractivity contribution in [2.75, 3.05) is 0 Å². The number of halogens is 2. The summed E-state index contributed by atoms with van der Waals surface area (Å²) < 4.78 is 7.84. The molecule has 0 bridgehead atoms. The number of rotatable bonds is 3. The monoisotopic (exact) mass is 343 g/mol. The maximum absolute atomic E-state index is 6.32. The Morgan fingerprint density at radius 2 is 1.78 bits per heavy atom. The zero-order chi connectivity index (χ0) is 12.6. The van der Waals surface area contributed by atoms with Crippen molar-refractivity contribution in [3.05, 3.63) is 21.6 Å². The van der Waals surface area contributed by atoms with E-state index in [0.717, 1.165) is 6.42 Å². The minimum absolute atomic E-state index is 0. The van der Waals surface area contributed by atoms with Crippen LogP contribution in [0.1, 0.15) is 34.1 Å². The van der Waals surface area contributed by atoms with E-state index in [-0.39, 0.29) is 30.4 Å². The summed E-state index contributed by atoms with van der Waals surface area (Å²) in [7, 11) is -1.66. The first-order chi connectivity index (χ1) is 7.13. The second-order valence-corrected chi connectivity index (χ2v) is 11.3. The fourth-order valence-corrected chi connectivity index (χ4v) is 5.83. The first kappa shape index (κ1) is 21.3. The molecule has 0 saturated carbocycles. The molecule has 0 radical (unpaired) electrons. The van der Waals surface area contributed by atoms with Crippen LogP contribution in [0.15, 0.2) is 21.6 Å². The molecule has 1 nitrogen and oxygen atoms in total. The topological polar surface area (TPSA) is 9.23 Å². The van der Waals surface area contributed by atoms with Crippen molar-refractivity contribution >= 4 is 33.1 Å². The van der Waals surface area contributed by atoms with Crippen LogP contribution in [-0.4, -0.2) is 13.9 Å². The smallest absolute Gasteiger partial charge is 0.147 e. The minimum atomic E-state index is -1.66. The van der Waals surface area contributed by atoms with Crippen molar-refractivity contribution in [1.82, 2.24) is 0 Å². The van der Waals surface area contributed by atoms with Crippen LogP contribution in [0.2, 0.25) is 18.6 Å². The molecular formula is C13H25Cl2OSiTi. The van der Waals surface area contributed by atoms with Crippen LogP contribution in [0, 0.1) is 0 Å². The molecule has 0 aliphatic heterocycles. The van der Waals surface area contributed by atoms with Crippen LogP contribution >= 0.6 is 24.8 Å². The van der Waals surface area contributed by atoms with Gasteiger partial charge in [-0.05, 0) is 0 Å². The second kappa shape index (κ2) is 7.66. The Kier molecular flexibility index (Phi) is 9.04. The first-order valence-corrected chi connectivity index (χ1v) is 9.71. The molecular weight excluding hydrogens is 319 g/mol. The third kappa shape index (κ3) is 5.94. The summed E-state index contributed by atoms with van der Waals surface area (Å²) in [6, 6.07) is 0. The van der Waals surface area contributed by atoms with E-state index in [2.05, 4.69) is 73.4 Å². The quantitative estimate of drug-likeness (QED) is 0.655. The van der Waals surface area contributed by atoms with E-state index >= 15 is 0 Å². The third-order valence-electron chi connectivity index (χ3n) is 3.05. The summed E-state index contributed by atoms with van der Waals surface area (Å²) in [5.74, 6) is 0. The fourth-order valence-electron chi connectivity index (χ4n) is 2.18. The Morgan fingerprint density at radius 1 is 1.28 bits per heavy atom. The average Bonchev–Trinajstić information content (AvgIpc) is 2.45. The molecule has 0 aromatic rings. The molecule has 1 aliphatic rings. The van der Waals surface area contributed by atoms with Crippen LogP contribution in [-0.2, 0) is 24.9 Å². The van der Waals surface area contributed by atoms with Crippen LogP contribution in [0.4, 0.5) is 0 Å². The largest absolute Gasteiger partial charge is 0.147 e. The molecule has 0 N–H and O–H groups in total. The van der Waals surface area contributed by atoms with Crippen molar-refractivity contribution in [3.63, 3.8) is 0 Å². The molecule has 0 amide bonds. The van der Waals surface area contributed by atoms with Crippen LogP contribution in [0.5, 0.6) is 0 Å². The summed E-state index contributed by atoms with van der Waals surface area (Å²) in [5.41, 5.74) is 2.06. The Balaban J connectivity index is 0. The Labute approximate surface area is 137 Å². The van der Waals surface area contributed by atoms with Crippen LogP contribution < -0.4 is 0 Å². The van der Waals surface area contributed by atoms with Gasteiger partial charge in [0, 0.05) is 0 Å². The van der Waals surface area contributed by atoms with E-state index in [9.17, 15) is 0 Å². The number of hydrogen-bond acceptors (Lipinski definition) is 1. The molecule has 5 heteroatoms. The number of hydrogen-bond donors (Lipinski definition) is 0. The molecule has 1 atom stereocenters. The maximum Gasteiger partial charge on any atom is -0.147 e. The normalized spacial score (nSPS) is 17.2. The van der Waals surface area contributed by atoms with Crippen molar-refractivity contribution in [3.8, 4) is 0 Å². The standard InChI is InChI=1S/C13H23OSi.2ClH.Ti/c1-11(12-9-7-8-10-12)15(5,6)14-13(2,3)4;;;/h7,9,11H,8H2,1-6H3;2*1H;. The fraction of sp³-hybridized carbons (Fsp3) is 0.692. The van der Waals surface area contributed by atoms with Gasteiger partial charge in [0.25, 0.3) is 0 Å². The van der Waals surface area contributed by atoms with E-state index in [1.807, 2.05) is 0 Å². The SMILES string of the molecule is CC(C1=[C]([Ti])CC=C1)[Si](C)(C)OC(C)(C)C.Cl.Cl. The van der Waals surface area contributed by atoms with Gasteiger partial charge in [0.1, 0.15) is 0 Å². The van der Waals surface area contributed by atoms with Gasteiger partial charge in [-0.2, -0.15) is 0 Å². The van der Waals surface area contributed by atoms with E-state index < -0.39 is 8.32 Å². The summed E-state index contributed by atoms with van der Waals surface area (Å²) in [6.45, 7) is 13.4. The predicted molar refractivity (Wildman–Crippen MR) is 83.0 cm³/mol. The van der Waals surface area contributed by atoms with Crippen molar-refractivity contribution in [2.45, 2.75) is 58.4 Å². The Hall–Kier alpha value is 0.951. The van der Waals surface area contributed by atoms with E-state index in [0.29, 0.717) is 5.54 Å². The Bertz CT molecular complexity index is 332. The third-order valence-corrected chi connectivity index (χ3v) is 7.35. The summed E-state index contributed by atoms with van der Waals surface area (Å²) in [6.07, 6.45) is 5.68. The Morgan fingerprint density at radius 3 is 2.11 bits per heavy atom. The van der Waals surface area contributed by atoms with E-state index in [1.165, 1.54) is 9.45 Å². The summed E-state index contributed by atoms with van der Waals surface area (Å²) in [4.78, 5) is 0. The molecule has 0 aromatic heterocycles. The summed E-state index contributed by atoms with van der Waals surface area (Å²) in [5, 5.41) is 0. The van der Waals surface area contributed by atoms with Crippen LogP contribution in [0.3, 0.4) is 0 Å². The zero-order valence-electron chi connectivity index (χ0n) is 12.2. The molecule has 0 heterocycles. The summed E-state index contributed by atoms with van der Waals surface area (Å²) >= 11 is 2.24. The molecule has 105 valence electrons. The van der Waals surface area contributed by atoms with Gasteiger partial charge in [0.15, 0.2) is 0 Å². The molecule has 0 saturated heterocycles. The predicted octanol–water partition coefficient (Wildman–Crippen LogP) is 5.00. The van der Waals surface area contributed by atoms with E-state index in [1.54, 1.807) is 0 Å². The first-order valence-electron chi connectivity index (χ1n) is 5.95. The van der Waals surface area contributed by atoms with Crippen molar-refractivity contribution in [2.24, 2.45) is 0 Å². The molecule has 1 unspecified atom stereocenters. The maximum atomic E-state index is 6.32. The molecule has 0 aromatic carbocycles. The molecule has 1 rings (SSSR count). The van der Waals surface area contributed by atoms with E-state index in [4.69, 9.17) is 4.43 Å². The second-order valence-electron chi connectivity index (χ2n) is 6.08. The van der Waals surface area contributed by atoms with Gasteiger partial charge < -0.3 is 0 Å². The van der Waals surface area contributed by atoms with Gasteiger partial charge in [-0.15, -0.1) is 24.8 Å². The van der Waals surface area contributed by atoms with Gasteiger partial charge in [-0.25, -0.2) is 0 Å². The van der Waals surface area contributed by atoms with Gasteiger partial charge >= 0.3 is 113 Å². The van der Waals surface area contributed by atoms with Gasteiger partial charge in [-0.1, -0.05) is 0 Å². The molecule has 0 fully saturated rings. The number of allylic oxidation sites excluding steroid dienone is 4. The molecule has 1 aliphatic carbocycles. The van der Waals surface area contributed by atoms with Crippen molar-refractivity contribution in [1.29, 1.82) is 0 Å². The van der Waals surface area contributed by atoms with Crippen molar-refractivity contribution < 1.29 is 24.9 Å². The van der Waals surface area contributed by atoms with Gasteiger partial charge in [0.05, 0.1) is 0 Å². The van der Waals surface area contributed by atoms with Gasteiger partial charge in [-0.3, -0.25) is 0 Å².